The van der Waals surface area contributed by atoms with Crippen molar-refractivity contribution in [1.82, 2.24) is 4.57 Å². The molecule has 0 fully saturated rings. The van der Waals surface area contributed by atoms with Gasteiger partial charge in [-0.05, 0) is 36.2 Å². The molecule has 3 aromatic rings. The Morgan fingerprint density at radius 3 is 2.80 bits per heavy atom. The number of amides is 1. The van der Waals surface area contributed by atoms with Gasteiger partial charge in [-0.3, -0.25) is 4.79 Å². The van der Waals surface area contributed by atoms with E-state index in [1.807, 2.05) is 17.7 Å². The van der Waals surface area contributed by atoms with E-state index in [2.05, 4.69) is 24.0 Å². The molecule has 25 heavy (non-hydrogen) atoms. The molecule has 6 heteroatoms. The van der Waals surface area contributed by atoms with E-state index >= 15 is 0 Å². The molecule has 1 amide bonds. The normalized spacial score (nSPS) is 14.1. The number of thiazole rings is 1. The Kier molecular flexibility index (Phi) is 4.05. The third-order valence-corrected chi connectivity index (χ3v) is 5.37. The lowest BCUT2D eigenvalue weighted by molar-refractivity contribution is 0.0996. The van der Waals surface area contributed by atoms with E-state index in [-0.39, 0.29) is 5.91 Å². The van der Waals surface area contributed by atoms with Crippen LogP contribution in [0.3, 0.4) is 0 Å². The molecule has 0 atom stereocenters. The van der Waals surface area contributed by atoms with Crippen LogP contribution in [-0.4, -0.2) is 23.7 Å². The average molecular weight is 354 g/mol. The second-order valence-electron chi connectivity index (χ2n) is 5.84. The molecule has 128 valence electrons. The van der Waals surface area contributed by atoms with E-state index in [0.717, 1.165) is 16.6 Å². The van der Waals surface area contributed by atoms with Crippen molar-refractivity contribution in [3.05, 3.63) is 52.3 Å². The molecule has 0 radical (unpaired) electrons. The summed E-state index contributed by atoms with van der Waals surface area (Å²) < 4.78 is 14.2. The van der Waals surface area contributed by atoms with Crippen LogP contribution >= 0.6 is 11.3 Å². The fourth-order valence-corrected chi connectivity index (χ4v) is 4.07. The standard InChI is InChI=1S/C19H18N2O3S/c1-3-12-5-4-6-16-17(12)21(2)19(25-16)20-18(22)13-7-8-14-15(11-13)24-10-9-23-14/h4-8,11H,3,9-10H2,1-2H3. The van der Waals surface area contributed by atoms with Gasteiger partial charge >= 0.3 is 0 Å². The van der Waals surface area contributed by atoms with Gasteiger partial charge in [0.05, 0.1) is 10.2 Å². The molecule has 4 rings (SSSR count). The maximum Gasteiger partial charge on any atom is 0.279 e. The third kappa shape index (κ3) is 2.82. The van der Waals surface area contributed by atoms with Crippen LogP contribution in [0.15, 0.2) is 41.4 Å². The number of fused-ring (bicyclic) bond motifs is 2. The summed E-state index contributed by atoms with van der Waals surface area (Å²) in [7, 11) is 1.95. The number of hydrogen-bond acceptors (Lipinski definition) is 4. The average Bonchev–Trinajstić information content (AvgIpc) is 2.97. The molecule has 1 aliphatic heterocycles. The second kappa shape index (κ2) is 6.37. The van der Waals surface area contributed by atoms with Crippen molar-refractivity contribution in [2.24, 2.45) is 12.0 Å². The van der Waals surface area contributed by atoms with Crippen LogP contribution in [0.1, 0.15) is 22.8 Å². The number of aromatic nitrogens is 1. The van der Waals surface area contributed by atoms with Crippen molar-refractivity contribution < 1.29 is 14.3 Å². The summed E-state index contributed by atoms with van der Waals surface area (Å²) in [6.07, 6.45) is 0.942. The highest BCUT2D eigenvalue weighted by atomic mass is 32.1. The maximum atomic E-state index is 12.6. The summed E-state index contributed by atoms with van der Waals surface area (Å²) in [5.41, 5.74) is 2.89. The Hall–Kier alpha value is -2.60. The number of carbonyl (C=O) groups excluding carboxylic acids is 1. The largest absolute Gasteiger partial charge is 0.486 e. The minimum atomic E-state index is -0.280. The lowest BCUT2D eigenvalue weighted by Crippen LogP contribution is -2.16. The number of nitrogens with zero attached hydrogens (tertiary/aromatic N) is 2. The Morgan fingerprint density at radius 2 is 2.00 bits per heavy atom. The second-order valence-corrected chi connectivity index (χ2v) is 6.85. The van der Waals surface area contributed by atoms with Gasteiger partial charge in [-0.15, -0.1) is 0 Å². The summed E-state index contributed by atoms with van der Waals surface area (Å²) in [5, 5.41) is 0. The zero-order chi connectivity index (χ0) is 17.4. The van der Waals surface area contributed by atoms with Gasteiger partial charge < -0.3 is 14.0 Å². The quantitative estimate of drug-likeness (QED) is 0.709. The van der Waals surface area contributed by atoms with Gasteiger partial charge in [0.2, 0.25) is 0 Å². The highest BCUT2D eigenvalue weighted by Gasteiger charge is 2.15. The first kappa shape index (κ1) is 15.9. The fourth-order valence-electron chi connectivity index (χ4n) is 3.00. The molecule has 0 unspecified atom stereocenters. The molecule has 2 aromatic carbocycles. The van der Waals surface area contributed by atoms with Crippen LogP contribution in [0.5, 0.6) is 11.5 Å². The number of benzene rings is 2. The topological polar surface area (TPSA) is 52.8 Å². The fraction of sp³-hybridized carbons (Fsp3) is 0.263. The van der Waals surface area contributed by atoms with Crippen molar-refractivity contribution in [2.75, 3.05) is 13.2 Å². The predicted molar refractivity (Wildman–Crippen MR) is 97.5 cm³/mol. The number of ether oxygens (including phenoxy) is 2. The smallest absolute Gasteiger partial charge is 0.279 e. The van der Waals surface area contributed by atoms with E-state index in [9.17, 15) is 4.79 Å². The minimum Gasteiger partial charge on any atom is -0.486 e. The van der Waals surface area contributed by atoms with Crippen LogP contribution in [0, 0.1) is 0 Å². The summed E-state index contributed by atoms with van der Waals surface area (Å²) in [5.74, 6) is 0.987. The Bertz CT molecular complexity index is 1030. The first-order valence-electron chi connectivity index (χ1n) is 8.23. The number of aryl methyl sites for hydroxylation is 2. The molecule has 1 aromatic heterocycles. The van der Waals surface area contributed by atoms with Crippen molar-refractivity contribution in [3.8, 4) is 11.5 Å². The van der Waals surface area contributed by atoms with Gasteiger partial charge in [0, 0.05) is 12.6 Å². The molecule has 0 N–H and O–H groups in total. The first-order chi connectivity index (χ1) is 12.2. The van der Waals surface area contributed by atoms with Gasteiger partial charge in [-0.25, -0.2) is 0 Å². The molecule has 2 heterocycles. The van der Waals surface area contributed by atoms with Crippen LogP contribution in [-0.2, 0) is 13.5 Å². The number of para-hydroxylation sites is 1. The van der Waals surface area contributed by atoms with Gasteiger partial charge in [0.15, 0.2) is 16.3 Å². The summed E-state index contributed by atoms with van der Waals surface area (Å²) in [4.78, 5) is 17.6. The van der Waals surface area contributed by atoms with Gasteiger partial charge in [0.25, 0.3) is 5.91 Å². The highest BCUT2D eigenvalue weighted by Crippen LogP contribution is 2.31. The molecular formula is C19H18N2O3S. The molecule has 0 saturated carbocycles. The van der Waals surface area contributed by atoms with Crippen LogP contribution in [0.2, 0.25) is 0 Å². The zero-order valence-corrected chi connectivity index (χ0v) is 14.9. The van der Waals surface area contributed by atoms with Crippen molar-refractivity contribution in [1.29, 1.82) is 0 Å². The molecule has 0 saturated heterocycles. The first-order valence-corrected chi connectivity index (χ1v) is 9.05. The van der Waals surface area contributed by atoms with Crippen LogP contribution < -0.4 is 14.3 Å². The van der Waals surface area contributed by atoms with E-state index < -0.39 is 0 Å². The van der Waals surface area contributed by atoms with E-state index in [1.54, 1.807) is 18.2 Å². The maximum absolute atomic E-state index is 12.6. The predicted octanol–water partition coefficient (Wildman–Crippen LogP) is 3.31. The van der Waals surface area contributed by atoms with Gasteiger partial charge in [-0.1, -0.05) is 30.4 Å². The molecule has 0 aliphatic carbocycles. The Labute approximate surface area is 149 Å². The lowest BCUT2D eigenvalue weighted by Gasteiger charge is -2.18. The summed E-state index contributed by atoms with van der Waals surface area (Å²) in [6, 6.07) is 11.4. The molecule has 1 aliphatic rings. The number of carbonyl (C=O) groups is 1. The molecule has 5 nitrogen and oxygen atoms in total. The third-order valence-electron chi connectivity index (χ3n) is 4.27. The minimum absolute atomic E-state index is 0.280. The molecule has 0 spiro atoms. The van der Waals surface area contributed by atoms with Crippen molar-refractivity contribution >= 4 is 27.5 Å². The van der Waals surface area contributed by atoms with E-state index in [0.29, 0.717) is 35.1 Å². The number of hydrogen-bond donors (Lipinski definition) is 0. The zero-order valence-electron chi connectivity index (χ0n) is 14.1. The summed E-state index contributed by atoms with van der Waals surface area (Å²) >= 11 is 1.52. The van der Waals surface area contributed by atoms with Gasteiger partial charge in [-0.2, -0.15) is 4.99 Å². The number of rotatable bonds is 2. The Balaban J connectivity index is 1.77. The highest BCUT2D eigenvalue weighted by molar-refractivity contribution is 7.16. The van der Waals surface area contributed by atoms with Crippen LogP contribution in [0.4, 0.5) is 0 Å². The monoisotopic (exact) mass is 354 g/mol. The molecular weight excluding hydrogens is 336 g/mol. The van der Waals surface area contributed by atoms with Crippen molar-refractivity contribution in [3.63, 3.8) is 0 Å². The van der Waals surface area contributed by atoms with Crippen LogP contribution in [0.25, 0.3) is 10.2 Å². The molecule has 0 bridgehead atoms. The SMILES string of the molecule is CCc1cccc2sc(=NC(=O)c3ccc4c(c3)OCCO4)n(C)c12. The summed E-state index contributed by atoms with van der Waals surface area (Å²) in [6.45, 7) is 3.15. The van der Waals surface area contributed by atoms with Gasteiger partial charge in [0.1, 0.15) is 13.2 Å². The Morgan fingerprint density at radius 1 is 1.20 bits per heavy atom. The van der Waals surface area contributed by atoms with E-state index in [1.165, 1.54) is 16.9 Å². The van der Waals surface area contributed by atoms with E-state index in [4.69, 9.17) is 9.47 Å². The van der Waals surface area contributed by atoms with Crippen molar-refractivity contribution in [2.45, 2.75) is 13.3 Å². The lowest BCUT2D eigenvalue weighted by atomic mass is 10.1.